The van der Waals surface area contributed by atoms with Gasteiger partial charge < -0.3 is 10.6 Å². The largest absolute Gasteiger partial charge is 0.349 e. The van der Waals surface area contributed by atoms with Crippen molar-refractivity contribution in [3.8, 4) is 0 Å². The summed E-state index contributed by atoms with van der Waals surface area (Å²) in [4.78, 5) is 38.2. The second-order valence-corrected chi connectivity index (χ2v) is 10.1. The Labute approximate surface area is 193 Å². The van der Waals surface area contributed by atoms with Crippen LogP contribution in [0.3, 0.4) is 0 Å². The predicted molar refractivity (Wildman–Crippen MR) is 121 cm³/mol. The molecule has 2 aromatic rings. The molecule has 11 heteroatoms. The van der Waals surface area contributed by atoms with Crippen molar-refractivity contribution in [2.24, 2.45) is 5.92 Å². The normalized spacial score (nSPS) is 18.7. The summed E-state index contributed by atoms with van der Waals surface area (Å²) in [7, 11) is -3.96. The van der Waals surface area contributed by atoms with E-state index in [2.05, 4.69) is 25.6 Å². The van der Waals surface area contributed by atoms with Gasteiger partial charge >= 0.3 is 0 Å². The highest BCUT2D eigenvalue weighted by Gasteiger charge is 2.33. The first kappa shape index (κ1) is 24.6. The van der Waals surface area contributed by atoms with Gasteiger partial charge in [0.15, 0.2) is 0 Å². The Kier molecular flexibility index (Phi) is 7.98. The molecule has 0 fully saturated rings. The number of nitrogens with zero attached hydrogens (tertiary/aromatic N) is 1. The number of amides is 2. The third-order valence-electron chi connectivity index (χ3n) is 5.43. The molecular formula is C22H29N5O5S. The number of sulfonamides is 1. The minimum atomic E-state index is -3.96. The number of rotatable bonds is 6. The quantitative estimate of drug-likeness (QED) is 0.446. The van der Waals surface area contributed by atoms with Crippen molar-refractivity contribution in [1.29, 1.82) is 0 Å². The molecule has 1 aliphatic heterocycles. The molecule has 2 atom stereocenters. The first-order valence-electron chi connectivity index (χ1n) is 10.9. The van der Waals surface area contributed by atoms with Gasteiger partial charge in [0, 0.05) is 18.7 Å². The van der Waals surface area contributed by atoms with E-state index in [4.69, 9.17) is 0 Å². The van der Waals surface area contributed by atoms with Gasteiger partial charge in [-0.2, -0.15) is 9.82 Å². The summed E-state index contributed by atoms with van der Waals surface area (Å²) in [6.45, 7) is 3.63. The fourth-order valence-electron chi connectivity index (χ4n) is 3.57. The molecule has 0 aliphatic carbocycles. The summed E-state index contributed by atoms with van der Waals surface area (Å²) in [5.74, 6) is -2.61. The average Bonchev–Trinajstić information content (AvgIpc) is 3.23. The molecular weight excluding hydrogens is 446 g/mol. The number of H-pyrrole nitrogens is 1. The monoisotopic (exact) mass is 475 g/mol. The van der Waals surface area contributed by atoms with Crippen molar-refractivity contribution in [3.63, 3.8) is 0 Å². The van der Waals surface area contributed by atoms with E-state index in [0.717, 1.165) is 11.4 Å². The van der Waals surface area contributed by atoms with Crippen molar-refractivity contribution in [2.75, 3.05) is 6.54 Å². The summed E-state index contributed by atoms with van der Waals surface area (Å²) in [6, 6.07) is 7.45. The molecule has 1 aromatic heterocycles. The summed E-state index contributed by atoms with van der Waals surface area (Å²) >= 11 is 0. The third kappa shape index (κ3) is 6.48. The molecule has 0 spiro atoms. The van der Waals surface area contributed by atoms with Crippen LogP contribution in [0, 0.1) is 5.92 Å². The van der Waals surface area contributed by atoms with Gasteiger partial charge in [0.1, 0.15) is 6.04 Å². The van der Waals surface area contributed by atoms with E-state index in [9.17, 15) is 22.8 Å². The van der Waals surface area contributed by atoms with E-state index in [1.54, 1.807) is 32.0 Å². The van der Waals surface area contributed by atoms with Crippen LogP contribution >= 0.6 is 0 Å². The number of carbonyl (C=O) groups is 3. The molecule has 1 aromatic carbocycles. The minimum absolute atomic E-state index is 0.0313. The number of Topliss-reactive ketones (excluding diaryl/α,β-unsaturated/α-hetero) is 1. The second-order valence-electron chi connectivity index (χ2n) is 8.36. The minimum Gasteiger partial charge on any atom is -0.349 e. The summed E-state index contributed by atoms with van der Waals surface area (Å²) in [5, 5.41) is 12.3. The second kappa shape index (κ2) is 10.7. The molecule has 2 unspecified atom stereocenters. The maximum Gasteiger partial charge on any atom is 0.289 e. The van der Waals surface area contributed by atoms with E-state index in [0.29, 0.717) is 19.3 Å². The van der Waals surface area contributed by atoms with Crippen LogP contribution in [0.4, 0.5) is 0 Å². The van der Waals surface area contributed by atoms with Gasteiger partial charge in [-0.15, -0.1) is 0 Å². The van der Waals surface area contributed by atoms with Crippen molar-refractivity contribution in [3.05, 3.63) is 47.8 Å². The van der Waals surface area contributed by atoms with Crippen LogP contribution in [0.25, 0.3) is 0 Å². The third-order valence-corrected chi connectivity index (χ3v) is 6.89. The maximum absolute atomic E-state index is 13.1. The molecule has 178 valence electrons. The zero-order valence-electron chi connectivity index (χ0n) is 18.6. The van der Waals surface area contributed by atoms with Gasteiger partial charge in [-0.25, -0.2) is 8.42 Å². The van der Waals surface area contributed by atoms with Gasteiger partial charge in [0.05, 0.1) is 16.6 Å². The van der Waals surface area contributed by atoms with Crippen molar-refractivity contribution < 1.29 is 22.8 Å². The first-order chi connectivity index (χ1) is 15.7. The SMILES string of the molecule is CC(C)C(NS(=O)(=O)c1ccccc1)C(=O)NC1CCCc2cc(n[nH]2)CCNC(=O)C1=O. The van der Waals surface area contributed by atoms with Crippen molar-refractivity contribution in [1.82, 2.24) is 25.6 Å². The van der Waals surface area contributed by atoms with E-state index in [-0.39, 0.29) is 17.9 Å². The summed E-state index contributed by atoms with van der Waals surface area (Å²) in [6.07, 6.45) is 1.82. The Morgan fingerprint density at radius 1 is 1.15 bits per heavy atom. The number of aromatic nitrogens is 2. The van der Waals surface area contributed by atoms with Gasteiger partial charge in [-0.1, -0.05) is 32.0 Å². The lowest BCUT2D eigenvalue weighted by Crippen LogP contribution is -2.55. The van der Waals surface area contributed by atoms with Gasteiger partial charge in [0.2, 0.25) is 21.7 Å². The van der Waals surface area contributed by atoms with Crippen LogP contribution in [0.2, 0.25) is 0 Å². The zero-order valence-corrected chi connectivity index (χ0v) is 19.4. The standard InChI is InChI=1S/C22H29N5O5S/c1-14(2)19(27-33(31,32)17-8-4-3-5-9-17)21(29)24-18-10-6-7-15-13-16(26-25-15)11-12-23-22(30)20(18)28/h3-5,8-9,13-14,18-19,27H,6-7,10-12H2,1-2H3,(H,23,30)(H,24,29)(H,25,26). The van der Waals surface area contributed by atoms with E-state index in [1.165, 1.54) is 12.1 Å². The molecule has 2 heterocycles. The number of nitrogens with one attached hydrogen (secondary N) is 4. The number of aryl methyl sites for hydroxylation is 1. The molecule has 33 heavy (non-hydrogen) atoms. The van der Waals surface area contributed by atoms with Gasteiger partial charge in [0.25, 0.3) is 5.91 Å². The number of benzene rings is 1. The summed E-state index contributed by atoms with van der Waals surface area (Å²) < 4.78 is 27.9. The molecule has 0 saturated carbocycles. The van der Waals surface area contributed by atoms with Crippen molar-refractivity contribution in [2.45, 2.75) is 56.5 Å². The van der Waals surface area contributed by atoms with E-state index in [1.807, 2.05) is 6.07 Å². The summed E-state index contributed by atoms with van der Waals surface area (Å²) in [5.41, 5.74) is 1.71. The van der Waals surface area contributed by atoms with Crippen LogP contribution in [0.5, 0.6) is 0 Å². The van der Waals surface area contributed by atoms with Crippen LogP contribution < -0.4 is 15.4 Å². The molecule has 0 radical (unpaired) electrons. The number of carbonyl (C=O) groups excluding carboxylic acids is 3. The fourth-order valence-corrected chi connectivity index (χ4v) is 4.93. The molecule has 1 aliphatic rings. The molecule has 4 N–H and O–H groups in total. The number of hydrogen-bond acceptors (Lipinski definition) is 6. The molecule has 2 bridgehead atoms. The predicted octanol–water partition coefficient (Wildman–Crippen LogP) is 0.462. The smallest absolute Gasteiger partial charge is 0.289 e. The Morgan fingerprint density at radius 3 is 2.58 bits per heavy atom. The highest BCUT2D eigenvalue weighted by atomic mass is 32.2. The molecule has 0 saturated heterocycles. The highest BCUT2D eigenvalue weighted by Crippen LogP contribution is 2.13. The Morgan fingerprint density at radius 2 is 1.88 bits per heavy atom. The maximum atomic E-state index is 13.1. The Bertz CT molecular complexity index is 1100. The molecule has 3 rings (SSSR count). The van der Waals surface area contributed by atoms with Crippen LogP contribution in [-0.2, 0) is 37.2 Å². The number of fused-ring (bicyclic) bond motifs is 2. The fraction of sp³-hybridized carbons (Fsp3) is 0.455. The first-order valence-corrected chi connectivity index (χ1v) is 12.4. The van der Waals surface area contributed by atoms with Crippen LogP contribution in [0.15, 0.2) is 41.3 Å². The Hall–Kier alpha value is -3.05. The molecule has 2 amide bonds. The lowest BCUT2D eigenvalue weighted by atomic mass is 10.00. The van der Waals surface area contributed by atoms with Gasteiger partial charge in [-0.3, -0.25) is 19.5 Å². The highest BCUT2D eigenvalue weighted by molar-refractivity contribution is 7.89. The van der Waals surface area contributed by atoms with Gasteiger partial charge in [-0.05, 0) is 43.4 Å². The number of aromatic amines is 1. The van der Waals surface area contributed by atoms with Crippen molar-refractivity contribution >= 4 is 27.6 Å². The zero-order chi connectivity index (χ0) is 24.0. The van der Waals surface area contributed by atoms with E-state index >= 15 is 0 Å². The Balaban J connectivity index is 1.75. The topological polar surface area (TPSA) is 150 Å². The molecule has 10 nitrogen and oxygen atoms in total. The van der Waals surface area contributed by atoms with Crippen LogP contribution in [0.1, 0.15) is 38.1 Å². The average molecular weight is 476 g/mol. The van der Waals surface area contributed by atoms with E-state index < -0.39 is 45.6 Å². The number of ketones is 1. The van der Waals surface area contributed by atoms with Crippen LogP contribution in [-0.4, -0.2) is 54.8 Å². The lowest BCUT2D eigenvalue weighted by molar-refractivity contribution is -0.140. The number of hydrogen-bond donors (Lipinski definition) is 4. The lowest BCUT2D eigenvalue weighted by Gasteiger charge is -2.25.